The molecule has 52 heavy (non-hydrogen) atoms. The summed E-state index contributed by atoms with van der Waals surface area (Å²) in [4.78, 5) is 54.2. The van der Waals surface area contributed by atoms with Crippen molar-refractivity contribution in [3.63, 3.8) is 0 Å². The average molecular weight is 721 g/mol. The highest BCUT2D eigenvalue weighted by Crippen LogP contribution is 2.44. The highest BCUT2D eigenvalue weighted by molar-refractivity contribution is 7.19. The number of benzene rings is 2. The number of aryl methyl sites for hydroxylation is 1. The summed E-state index contributed by atoms with van der Waals surface area (Å²) < 4.78 is 34.0. The van der Waals surface area contributed by atoms with Crippen LogP contribution in [0.4, 0.5) is 31.0 Å². The zero-order valence-corrected chi connectivity index (χ0v) is 29.1. The lowest BCUT2D eigenvalue weighted by Crippen LogP contribution is -2.59. The Morgan fingerprint density at radius 1 is 0.904 bits per heavy atom. The standard InChI is InChI=1S/C39H34F2N6O4S/c1-23-7-12-27(35(43-23)46-21-39(22-46)14-18-51-19-15-39)36(48)44-26-10-8-24(9-11-26)38(50)47-17-13-25-20-31(52-34(25)33-30(47)6-3-16-42-33)45-37(49)32-28(40)4-2-5-29(32)41/h2-12,16,20H,13-15,17-19,21-22H2,1H3,(H,44,48)(H,45,49). The molecule has 0 aliphatic carbocycles. The molecular weight excluding hydrogens is 687 g/mol. The quantitative estimate of drug-likeness (QED) is 0.192. The largest absolute Gasteiger partial charge is 0.381 e. The number of carbonyl (C=O) groups excluding carboxylic acids is 3. The lowest BCUT2D eigenvalue weighted by atomic mass is 9.73. The molecule has 13 heteroatoms. The number of carbonyl (C=O) groups is 3. The zero-order chi connectivity index (χ0) is 36.0. The lowest BCUT2D eigenvalue weighted by Gasteiger charge is -2.53. The molecule has 2 aromatic carbocycles. The number of rotatable bonds is 6. The van der Waals surface area contributed by atoms with E-state index < -0.39 is 23.1 Å². The smallest absolute Gasteiger partial charge is 0.262 e. The predicted molar refractivity (Wildman–Crippen MR) is 195 cm³/mol. The SMILES string of the molecule is Cc1ccc(C(=O)Nc2ccc(C(=O)N3CCc4cc(NC(=O)c5c(F)cccc5F)sc4-c4ncccc43)cc2)c(N2CC3(CCOCC3)C2)n1. The molecule has 3 aliphatic heterocycles. The molecule has 0 atom stereocenters. The van der Waals surface area contributed by atoms with Gasteiger partial charge >= 0.3 is 0 Å². The first-order chi connectivity index (χ1) is 25.2. The number of hydrogen-bond donors (Lipinski definition) is 2. The topological polar surface area (TPSA) is 117 Å². The summed E-state index contributed by atoms with van der Waals surface area (Å²) in [5.74, 6) is -2.62. The summed E-state index contributed by atoms with van der Waals surface area (Å²) in [7, 11) is 0. The van der Waals surface area contributed by atoms with Crippen LogP contribution in [0.25, 0.3) is 10.6 Å². The second-order valence-corrected chi connectivity index (χ2v) is 14.5. The Kier molecular flexibility index (Phi) is 8.76. The van der Waals surface area contributed by atoms with Crippen LogP contribution in [0.15, 0.2) is 79.0 Å². The van der Waals surface area contributed by atoms with Crippen LogP contribution >= 0.6 is 11.3 Å². The van der Waals surface area contributed by atoms with Gasteiger partial charge in [0, 0.05) is 61.4 Å². The van der Waals surface area contributed by atoms with Crippen molar-refractivity contribution in [2.24, 2.45) is 5.41 Å². The third kappa shape index (κ3) is 6.30. The van der Waals surface area contributed by atoms with Gasteiger partial charge in [0.1, 0.15) is 28.7 Å². The maximum Gasteiger partial charge on any atom is 0.262 e. The molecule has 0 unspecified atom stereocenters. The number of amides is 3. The Balaban J connectivity index is 0.971. The number of anilines is 4. The van der Waals surface area contributed by atoms with Crippen LogP contribution in [0.5, 0.6) is 0 Å². The number of hydrogen-bond acceptors (Lipinski definition) is 8. The minimum atomic E-state index is -0.948. The van der Waals surface area contributed by atoms with Gasteiger partial charge < -0.3 is 25.2 Å². The van der Waals surface area contributed by atoms with E-state index in [0.29, 0.717) is 52.0 Å². The predicted octanol–water partition coefficient (Wildman–Crippen LogP) is 7.12. The summed E-state index contributed by atoms with van der Waals surface area (Å²) in [5, 5.41) is 6.00. The van der Waals surface area contributed by atoms with Crippen LogP contribution in [0.2, 0.25) is 0 Å². The molecule has 5 aromatic rings. The first-order valence-corrected chi connectivity index (χ1v) is 17.9. The summed E-state index contributed by atoms with van der Waals surface area (Å²) in [6, 6.07) is 19.0. The van der Waals surface area contributed by atoms with Crippen molar-refractivity contribution < 1.29 is 27.9 Å². The molecule has 0 bridgehead atoms. The molecule has 0 radical (unpaired) electrons. The van der Waals surface area contributed by atoms with E-state index >= 15 is 0 Å². The van der Waals surface area contributed by atoms with Crippen molar-refractivity contribution in [3.05, 3.63) is 119 Å². The van der Waals surface area contributed by atoms with Gasteiger partial charge in [-0.3, -0.25) is 19.4 Å². The second-order valence-electron chi connectivity index (χ2n) is 13.4. The van der Waals surface area contributed by atoms with Crippen LogP contribution in [-0.4, -0.2) is 60.5 Å². The first-order valence-electron chi connectivity index (χ1n) is 17.1. The number of nitrogens with one attached hydrogen (secondary N) is 2. The number of aromatic nitrogens is 2. The lowest BCUT2D eigenvalue weighted by molar-refractivity contribution is -0.000519. The summed E-state index contributed by atoms with van der Waals surface area (Å²) >= 11 is 1.23. The Hall–Kier alpha value is -5.53. The molecule has 3 aromatic heterocycles. The molecular formula is C39H34F2N6O4S. The maximum absolute atomic E-state index is 14.2. The molecule has 2 saturated heterocycles. The van der Waals surface area contributed by atoms with E-state index in [1.807, 2.05) is 25.1 Å². The van der Waals surface area contributed by atoms with Gasteiger partial charge in [-0.1, -0.05) is 6.07 Å². The van der Waals surface area contributed by atoms with E-state index in [-0.39, 0.29) is 17.2 Å². The number of pyridine rings is 2. The molecule has 0 saturated carbocycles. The maximum atomic E-state index is 14.2. The van der Waals surface area contributed by atoms with E-state index in [1.54, 1.807) is 47.5 Å². The number of halogens is 2. The normalized spacial score (nSPS) is 16.0. The number of ether oxygens (including phenoxy) is 1. The number of nitrogens with zero attached hydrogens (tertiary/aromatic N) is 4. The van der Waals surface area contributed by atoms with Crippen molar-refractivity contribution >= 4 is 51.3 Å². The Morgan fingerprint density at radius 3 is 2.40 bits per heavy atom. The van der Waals surface area contributed by atoms with Gasteiger partial charge in [-0.2, -0.15) is 0 Å². The number of thiophene rings is 1. The summed E-state index contributed by atoms with van der Waals surface area (Å²) in [5.41, 5.74) is 3.87. The van der Waals surface area contributed by atoms with Crippen LogP contribution in [-0.2, 0) is 11.2 Å². The fourth-order valence-electron chi connectivity index (χ4n) is 7.16. The van der Waals surface area contributed by atoms with Gasteiger partial charge in [0.25, 0.3) is 17.7 Å². The van der Waals surface area contributed by atoms with Gasteiger partial charge in [-0.15, -0.1) is 11.3 Å². The van der Waals surface area contributed by atoms with Gasteiger partial charge in [-0.05, 0) is 98.5 Å². The van der Waals surface area contributed by atoms with Gasteiger partial charge in [0.2, 0.25) is 0 Å². The van der Waals surface area contributed by atoms with Crippen molar-refractivity contribution in [2.45, 2.75) is 26.2 Å². The zero-order valence-electron chi connectivity index (χ0n) is 28.2. The minimum Gasteiger partial charge on any atom is -0.381 e. The Bertz CT molecular complexity index is 2190. The average Bonchev–Trinajstić information content (AvgIpc) is 3.46. The molecule has 1 spiro atoms. The molecule has 3 amide bonds. The van der Waals surface area contributed by atoms with E-state index in [4.69, 9.17) is 9.72 Å². The molecule has 2 fully saturated rings. The summed E-state index contributed by atoms with van der Waals surface area (Å²) in [6.45, 7) is 5.47. The fraction of sp³-hybridized carbons (Fsp3) is 0.256. The van der Waals surface area contributed by atoms with Gasteiger partial charge in [-0.25, -0.2) is 13.8 Å². The van der Waals surface area contributed by atoms with E-state index in [1.165, 1.54) is 17.4 Å². The highest BCUT2D eigenvalue weighted by atomic mass is 32.1. The fourth-order valence-corrected chi connectivity index (χ4v) is 8.28. The van der Waals surface area contributed by atoms with Crippen LogP contribution in [0.3, 0.4) is 0 Å². The van der Waals surface area contributed by atoms with Crippen molar-refractivity contribution in [2.75, 3.05) is 53.3 Å². The van der Waals surface area contributed by atoms with E-state index in [0.717, 1.165) is 67.4 Å². The Labute approximate surface area is 302 Å². The molecule has 8 rings (SSSR count). The van der Waals surface area contributed by atoms with Gasteiger partial charge in [0.15, 0.2) is 0 Å². The van der Waals surface area contributed by atoms with Crippen LogP contribution in [0.1, 0.15) is 55.2 Å². The molecule has 3 aliphatic rings. The van der Waals surface area contributed by atoms with Crippen molar-refractivity contribution in [1.29, 1.82) is 0 Å². The van der Waals surface area contributed by atoms with Crippen molar-refractivity contribution in [1.82, 2.24) is 9.97 Å². The van der Waals surface area contributed by atoms with Crippen LogP contribution in [0, 0.1) is 24.0 Å². The molecule has 2 N–H and O–H groups in total. The molecule has 264 valence electrons. The molecule has 10 nitrogen and oxygen atoms in total. The number of fused-ring (bicyclic) bond motifs is 3. The monoisotopic (exact) mass is 720 g/mol. The second kappa shape index (κ2) is 13.5. The van der Waals surface area contributed by atoms with E-state index in [9.17, 15) is 23.2 Å². The first kappa shape index (κ1) is 33.6. The van der Waals surface area contributed by atoms with E-state index in [2.05, 4.69) is 20.5 Å². The summed E-state index contributed by atoms with van der Waals surface area (Å²) in [6.07, 6.45) is 4.10. The highest BCUT2D eigenvalue weighted by Gasteiger charge is 2.45. The molecule has 6 heterocycles. The minimum absolute atomic E-state index is 0.224. The van der Waals surface area contributed by atoms with Crippen LogP contribution < -0.4 is 20.4 Å². The van der Waals surface area contributed by atoms with Gasteiger partial charge in [0.05, 0.1) is 21.1 Å². The third-order valence-corrected chi connectivity index (χ3v) is 11.0. The van der Waals surface area contributed by atoms with Crippen molar-refractivity contribution in [3.8, 4) is 10.6 Å². The Morgan fingerprint density at radius 2 is 1.65 bits per heavy atom. The third-order valence-electron chi connectivity index (χ3n) is 9.93.